The van der Waals surface area contributed by atoms with Gasteiger partial charge in [0.15, 0.2) is 11.3 Å². The highest BCUT2D eigenvalue weighted by atomic mass is 127. The zero-order valence-corrected chi connectivity index (χ0v) is 7.45. The molecule has 0 saturated heterocycles. The molecule has 52 valence electrons. The van der Waals surface area contributed by atoms with Crippen molar-refractivity contribution in [2.24, 2.45) is 0 Å². The minimum Gasteiger partial charge on any atom is -0.328 e. The van der Waals surface area contributed by atoms with Crippen molar-refractivity contribution in [1.82, 2.24) is 17.7 Å². The van der Waals surface area contributed by atoms with Gasteiger partial charge in [-0.05, 0) is 6.92 Å². The molecule has 2 aromatic rings. The van der Waals surface area contributed by atoms with Crippen molar-refractivity contribution in [3.63, 3.8) is 0 Å². The van der Waals surface area contributed by atoms with E-state index in [-0.39, 0.29) is 0 Å². The second-order valence-corrected chi connectivity index (χ2v) is 2.98. The van der Waals surface area contributed by atoms with E-state index in [0.29, 0.717) is 0 Å². The SMILES string of the molecule is Cc1nc2[nH]cnc2n1I. The van der Waals surface area contributed by atoms with Crippen LogP contribution in [0.15, 0.2) is 6.33 Å². The van der Waals surface area contributed by atoms with Gasteiger partial charge in [0.25, 0.3) is 0 Å². The van der Waals surface area contributed by atoms with Gasteiger partial charge in [-0.2, -0.15) is 0 Å². The zero-order valence-electron chi connectivity index (χ0n) is 5.30. The molecule has 0 unspecified atom stereocenters. The van der Waals surface area contributed by atoms with Gasteiger partial charge < -0.3 is 4.98 Å². The van der Waals surface area contributed by atoms with Crippen molar-refractivity contribution in [2.75, 3.05) is 0 Å². The minimum atomic E-state index is 0.854. The number of hydrogen-bond acceptors (Lipinski definition) is 2. The lowest BCUT2D eigenvalue weighted by atomic mass is 10.8. The van der Waals surface area contributed by atoms with Crippen LogP contribution in [-0.4, -0.2) is 17.7 Å². The molecule has 0 amide bonds. The van der Waals surface area contributed by atoms with Gasteiger partial charge in [-0.1, -0.05) is 0 Å². The molecule has 0 atom stereocenters. The van der Waals surface area contributed by atoms with E-state index in [1.807, 2.05) is 9.70 Å². The summed E-state index contributed by atoms with van der Waals surface area (Å²) in [5, 5.41) is 0. The third-order valence-corrected chi connectivity index (χ3v) is 2.50. The lowest BCUT2D eigenvalue weighted by Gasteiger charge is -1.86. The first kappa shape index (κ1) is 6.14. The molecule has 1 N–H and O–H groups in total. The number of hydrogen-bond donors (Lipinski definition) is 1. The van der Waals surface area contributed by atoms with E-state index in [0.717, 1.165) is 17.1 Å². The molecule has 4 nitrogen and oxygen atoms in total. The normalized spacial score (nSPS) is 11.0. The Hall–Kier alpha value is -0.590. The highest BCUT2D eigenvalue weighted by Crippen LogP contribution is 2.13. The largest absolute Gasteiger partial charge is 0.328 e. The quantitative estimate of drug-likeness (QED) is 0.713. The van der Waals surface area contributed by atoms with Crippen molar-refractivity contribution in [3.8, 4) is 0 Å². The lowest BCUT2D eigenvalue weighted by Crippen LogP contribution is -1.82. The standard InChI is InChI=1S/C5H5IN4/c1-3-9-4-5(10(3)6)8-2-7-4/h2H,1H3,(H,7,8). The van der Waals surface area contributed by atoms with Crippen LogP contribution in [0.4, 0.5) is 0 Å². The summed E-state index contributed by atoms with van der Waals surface area (Å²) in [6, 6.07) is 0. The molecule has 0 aliphatic carbocycles. The Morgan fingerprint density at radius 1 is 1.70 bits per heavy atom. The first-order valence-electron chi connectivity index (χ1n) is 2.83. The number of halogens is 1. The molecule has 0 bridgehead atoms. The summed E-state index contributed by atoms with van der Waals surface area (Å²) in [7, 11) is 0. The van der Waals surface area contributed by atoms with Crippen molar-refractivity contribution >= 4 is 34.2 Å². The summed E-state index contributed by atoms with van der Waals surface area (Å²) >= 11 is 2.17. The first-order valence-corrected chi connectivity index (χ1v) is 3.80. The summed E-state index contributed by atoms with van der Waals surface area (Å²) < 4.78 is 1.92. The van der Waals surface area contributed by atoms with Gasteiger partial charge >= 0.3 is 0 Å². The maximum Gasteiger partial charge on any atom is 0.188 e. The number of fused-ring (bicyclic) bond motifs is 1. The van der Waals surface area contributed by atoms with Crippen molar-refractivity contribution in [2.45, 2.75) is 6.92 Å². The van der Waals surface area contributed by atoms with Crippen LogP contribution >= 0.6 is 22.9 Å². The van der Waals surface area contributed by atoms with Crippen molar-refractivity contribution < 1.29 is 0 Å². The maximum absolute atomic E-state index is 4.21. The summed E-state index contributed by atoms with van der Waals surface area (Å²) in [6.45, 7) is 1.95. The van der Waals surface area contributed by atoms with Crippen LogP contribution in [0.5, 0.6) is 0 Å². The minimum absolute atomic E-state index is 0.854. The predicted molar refractivity (Wildman–Crippen MR) is 46.0 cm³/mol. The third kappa shape index (κ3) is 0.664. The molecule has 2 heterocycles. The number of nitrogens with one attached hydrogen (secondary N) is 1. The molecule has 0 aliphatic rings. The Kier molecular flexibility index (Phi) is 1.19. The van der Waals surface area contributed by atoms with Crippen molar-refractivity contribution in [3.05, 3.63) is 12.2 Å². The fourth-order valence-electron chi connectivity index (χ4n) is 0.865. The molecule has 0 fully saturated rings. The second kappa shape index (κ2) is 1.94. The fourth-order valence-corrected chi connectivity index (χ4v) is 1.33. The van der Waals surface area contributed by atoms with Gasteiger partial charge in [-0.25, -0.2) is 9.97 Å². The van der Waals surface area contributed by atoms with Crippen molar-refractivity contribution in [1.29, 1.82) is 0 Å². The molecule has 10 heavy (non-hydrogen) atoms. The Balaban J connectivity index is 2.95. The molecule has 2 aromatic heterocycles. The number of aromatic amines is 1. The van der Waals surface area contributed by atoms with E-state index >= 15 is 0 Å². The Labute approximate surface area is 71.2 Å². The van der Waals surface area contributed by atoms with Crippen LogP contribution in [0.25, 0.3) is 11.3 Å². The summed E-state index contributed by atoms with van der Waals surface area (Å²) in [5.74, 6) is 0.968. The lowest BCUT2D eigenvalue weighted by molar-refractivity contribution is 1.11. The molecule has 0 aromatic carbocycles. The van der Waals surface area contributed by atoms with E-state index in [9.17, 15) is 0 Å². The van der Waals surface area contributed by atoms with Crippen LogP contribution in [0.2, 0.25) is 0 Å². The highest BCUT2D eigenvalue weighted by molar-refractivity contribution is 14.1. The highest BCUT2D eigenvalue weighted by Gasteiger charge is 2.05. The first-order chi connectivity index (χ1) is 4.79. The number of H-pyrrole nitrogens is 1. The van der Waals surface area contributed by atoms with Gasteiger partial charge in [0.1, 0.15) is 5.82 Å². The number of aromatic nitrogens is 4. The second-order valence-electron chi connectivity index (χ2n) is 2.01. The summed E-state index contributed by atoms with van der Waals surface area (Å²) in [4.78, 5) is 11.2. The van der Waals surface area contributed by atoms with Crippen LogP contribution in [0.1, 0.15) is 5.82 Å². The number of nitrogens with zero attached hydrogens (tertiary/aromatic N) is 3. The van der Waals surface area contributed by atoms with E-state index in [4.69, 9.17) is 0 Å². The number of imidazole rings is 2. The Bertz CT molecular complexity index is 360. The molecular weight excluding hydrogens is 243 g/mol. The van der Waals surface area contributed by atoms with E-state index in [1.165, 1.54) is 0 Å². The van der Waals surface area contributed by atoms with Crippen LogP contribution in [-0.2, 0) is 0 Å². The van der Waals surface area contributed by atoms with Gasteiger partial charge in [-0.3, -0.25) is 2.78 Å². The smallest absolute Gasteiger partial charge is 0.188 e. The Morgan fingerprint density at radius 3 is 3.20 bits per heavy atom. The summed E-state index contributed by atoms with van der Waals surface area (Å²) in [5.41, 5.74) is 1.75. The van der Waals surface area contributed by atoms with Crippen LogP contribution in [0.3, 0.4) is 0 Å². The van der Waals surface area contributed by atoms with E-state index in [2.05, 4.69) is 37.8 Å². The maximum atomic E-state index is 4.21. The van der Waals surface area contributed by atoms with Gasteiger partial charge in [0.05, 0.1) is 29.2 Å². The number of aryl methyl sites for hydroxylation is 1. The molecule has 0 aliphatic heterocycles. The molecular formula is C5H5IN4. The average molecular weight is 248 g/mol. The Morgan fingerprint density at radius 2 is 2.50 bits per heavy atom. The predicted octanol–water partition coefficient (Wildman–Crippen LogP) is 1.27. The van der Waals surface area contributed by atoms with Crippen LogP contribution < -0.4 is 0 Å². The molecule has 0 saturated carbocycles. The van der Waals surface area contributed by atoms with Crippen LogP contribution in [0, 0.1) is 6.92 Å². The zero-order chi connectivity index (χ0) is 7.14. The molecule has 0 spiro atoms. The number of rotatable bonds is 0. The van der Waals surface area contributed by atoms with Gasteiger partial charge in [0.2, 0.25) is 0 Å². The molecule has 2 rings (SSSR count). The molecule has 5 heteroatoms. The van der Waals surface area contributed by atoms with Gasteiger partial charge in [-0.15, -0.1) is 0 Å². The average Bonchev–Trinajstić information content (AvgIpc) is 2.41. The fraction of sp³-hybridized carbons (Fsp3) is 0.200. The van der Waals surface area contributed by atoms with Gasteiger partial charge in [0, 0.05) is 0 Å². The summed E-state index contributed by atoms with van der Waals surface area (Å²) in [6.07, 6.45) is 1.65. The molecule has 0 radical (unpaired) electrons. The monoisotopic (exact) mass is 248 g/mol. The third-order valence-electron chi connectivity index (χ3n) is 1.34. The van der Waals surface area contributed by atoms with E-state index in [1.54, 1.807) is 6.33 Å². The topological polar surface area (TPSA) is 46.5 Å². The van der Waals surface area contributed by atoms with E-state index < -0.39 is 0 Å².